The zero-order chi connectivity index (χ0) is 58.1. The second kappa shape index (κ2) is 31.2. The highest BCUT2D eigenvalue weighted by Crippen LogP contribution is 2.40. The third-order valence-electron chi connectivity index (χ3n) is 17.9. The number of esters is 1. The molecule has 17 heteroatoms. The number of piperidine rings is 1. The summed E-state index contributed by atoms with van der Waals surface area (Å²) in [4.78, 5) is 76.2. The molecule has 2 bridgehead atoms. The van der Waals surface area contributed by atoms with Crippen molar-refractivity contribution in [1.29, 1.82) is 0 Å². The number of Topliss-reactive ketones (excluding diaryl/α,β-unsaturated/α-hetero) is 3. The number of ketones is 3. The zero-order valence-electron chi connectivity index (χ0n) is 50.0. The van der Waals surface area contributed by atoms with E-state index in [0.717, 1.165) is 64.1 Å². The van der Waals surface area contributed by atoms with E-state index in [0.29, 0.717) is 57.3 Å². The summed E-state index contributed by atoms with van der Waals surface area (Å²) in [7, 11) is 4.69. The number of cyclic esters (lactones) is 1. The van der Waals surface area contributed by atoms with Gasteiger partial charge in [-0.25, -0.2) is 4.79 Å². The van der Waals surface area contributed by atoms with Crippen LogP contribution in [0.15, 0.2) is 47.6 Å². The van der Waals surface area contributed by atoms with Crippen LogP contribution in [0.25, 0.3) is 0 Å². The minimum absolute atomic E-state index is 0.0180. The topological polar surface area (TPSA) is 206 Å². The van der Waals surface area contributed by atoms with E-state index in [9.17, 15) is 34.2 Å². The lowest BCUT2D eigenvalue weighted by Gasteiger charge is -2.44. The molecule has 3 saturated heterocycles. The van der Waals surface area contributed by atoms with Gasteiger partial charge in [-0.2, -0.15) is 0 Å². The van der Waals surface area contributed by atoms with Gasteiger partial charge in [0.15, 0.2) is 11.4 Å². The van der Waals surface area contributed by atoms with Crippen LogP contribution in [0.4, 0.5) is 0 Å². The van der Waals surface area contributed by atoms with Gasteiger partial charge < -0.3 is 53.0 Å². The summed E-state index contributed by atoms with van der Waals surface area (Å²) in [5.74, 6) is -8.09. The van der Waals surface area contributed by atoms with Crippen molar-refractivity contribution in [2.45, 2.75) is 199 Å². The highest BCUT2D eigenvalue weighted by molar-refractivity contribution is 6.39. The van der Waals surface area contributed by atoms with Gasteiger partial charge in [-0.15, -0.1) is 0 Å². The number of ether oxygens (including phenoxy) is 8. The van der Waals surface area contributed by atoms with Crippen LogP contribution in [-0.2, 0) is 61.9 Å². The molecular formula is C62H100N2O15. The standard InChI is InChI=1S/C62H100N2O15/c1-41-19-14-13-15-20-46(6)60(8,77-34-33-72-10)40-49-24-22-47(7)62(71,79-49)57(68)58(69)64-27-17-16-21-50(64)59(70)78-53(39-51(65)42(2)36-45(5)56(67)61(9,74-12)55(66)44(4)35-41)43(3)37-48-23-25-52(54(38-48)73-11)76-30-18-26-63-28-31-75-32-29-63/h13-15,19-20,36,41-44,47-50,52-54,56,67,71H,16-18,21-35,37-40H2,1-12H3/b15-13+,19-14?,45-36+,46-20+/t41-,42-,43-,44-,47-,48+,49+,50?,52-,53+,54-,56-,60-,61-,62-/m1/s1. The molecule has 0 spiro atoms. The number of carbonyl (C=O) groups is 5. The Labute approximate surface area is 472 Å². The van der Waals surface area contributed by atoms with Crippen molar-refractivity contribution < 1.29 is 72.1 Å². The minimum Gasteiger partial charge on any atom is -0.460 e. The molecule has 0 aromatic heterocycles. The Balaban J connectivity index is 1.45. The lowest BCUT2D eigenvalue weighted by molar-refractivity contribution is -0.268. The molecule has 2 N–H and O–H groups in total. The van der Waals surface area contributed by atoms with Gasteiger partial charge in [0, 0.05) is 84.7 Å². The van der Waals surface area contributed by atoms with Crippen LogP contribution in [0.3, 0.4) is 0 Å². The Morgan fingerprint density at radius 3 is 2.28 bits per heavy atom. The van der Waals surface area contributed by atoms with Crippen LogP contribution in [0.1, 0.15) is 146 Å². The van der Waals surface area contributed by atoms with Crippen LogP contribution in [0.2, 0.25) is 0 Å². The molecule has 1 saturated carbocycles. The second-order valence-corrected chi connectivity index (χ2v) is 24.1. The van der Waals surface area contributed by atoms with E-state index < -0.39 is 76.8 Å². The average molecular weight is 1110 g/mol. The van der Waals surface area contributed by atoms with E-state index in [-0.39, 0.29) is 73.9 Å². The molecular weight excluding hydrogens is 1010 g/mol. The van der Waals surface area contributed by atoms with Gasteiger partial charge in [0.25, 0.3) is 11.7 Å². The van der Waals surface area contributed by atoms with Crippen molar-refractivity contribution in [2.24, 2.45) is 35.5 Å². The number of methoxy groups -OCH3 is 3. The van der Waals surface area contributed by atoms with Gasteiger partial charge in [0.05, 0.1) is 50.3 Å². The number of rotatable bonds is 14. The van der Waals surface area contributed by atoms with Crippen LogP contribution in [0, 0.1) is 35.5 Å². The molecule has 5 aliphatic rings. The van der Waals surface area contributed by atoms with E-state index in [4.69, 9.17) is 37.9 Å². The lowest BCUT2D eigenvalue weighted by Crippen LogP contribution is -2.61. The van der Waals surface area contributed by atoms with E-state index in [1.54, 1.807) is 48.0 Å². The average Bonchev–Trinajstić information content (AvgIpc) is 3.51. The summed E-state index contributed by atoms with van der Waals surface area (Å²) in [6, 6.07) is -1.16. The zero-order valence-corrected chi connectivity index (χ0v) is 50.0. The van der Waals surface area contributed by atoms with Crippen molar-refractivity contribution >= 4 is 29.2 Å². The van der Waals surface area contributed by atoms with Gasteiger partial charge in [0.1, 0.15) is 24.0 Å². The SMILES string of the molecule is COCCO[C@]1(C)C[C@@H]2CC[C@@H](C)[C@@](O)(O2)C(=O)C(=O)N2CCCCC2C(=O)O[C@H]([C@H](C)C[C@@H]2CC[C@@H](OCCCN3CCOCC3)[C@H](OC)C2)CC(=O)[C@H](C)/C=C(\C)[C@@H](O)[C@](C)(OC)C(=O)[C@H](C)C[C@H](C)C=C/C=C/C=C/1C. The fourth-order valence-corrected chi connectivity index (χ4v) is 12.4. The number of aliphatic hydroxyl groups excluding tert-OH is 1. The Kier molecular flexibility index (Phi) is 26.2. The number of morpholine rings is 1. The summed E-state index contributed by atoms with van der Waals surface area (Å²) in [5, 5.41) is 24.1. The molecule has 17 nitrogen and oxygen atoms in total. The fourth-order valence-electron chi connectivity index (χ4n) is 12.4. The third kappa shape index (κ3) is 18.0. The molecule has 448 valence electrons. The highest BCUT2D eigenvalue weighted by Gasteiger charge is 2.54. The normalized spacial score (nSPS) is 38.3. The third-order valence-corrected chi connectivity index (χ3v) is 17.9. The van der Waals surface area contributed by atoms with Gasteiger partial charge in [0.2, 0.25) is 5.79 Å². The maximum Gasteiger partial charge on any atom is 0.329 e. The molecule has 1 aliphatic carbocycles. The summed E-state index contributed by atoms with van der Waals surface area (Å²) in [6.07, 6.45) is 14.7. The van der Waals surface area contributed by atoms with E-state index >= 15 is 0 Å². The summed E-state index contributed by atoms with van der Waals surface area (Å²) in [5.41, 5.74) is -1.32. The van der Waals surface area contributed by atoms with Gasteiger partial charge in [-0.05, 0) is 127 Å². The Morgan fingerprint density at radius 2 is 1.58 bits per heavy atom. The number of allylic oxidation sites excluding steroid dienone is 6. The van der Waals surface area contributed by atoms with Crippen LogP contribution in [-0.4, -0.2) is 183 Å². The smallest absolute Gasteiger partial charge is 0.329 e. The monoisotopic (exact) mass is 1110 g/mol. The summed E-state index contributed by atoms with van der Waals surface area (Å²) in [6.45, 7) is 21.9. The van der Waals surface area contributed by atoms with E-state index in [2.05, 4.69) is 4.90 Å². The van der Waals surface area contributed by atoms with Crippen molar-refractivity contribution in [3.8, 4) is 0 Å². The van der Waals surface area contributed by atoms with Crippen molar-refractivity contribution in [2.75, 3.05) is 80.5 Å². The molecule has 4 fully saturated rings. The molecule has 1 unspecified atom stereocenters. The number of carbonyl (C=O) groups excluding carboxylic acids is 5. The Hall–Kier alpha value is -3.49. The Bertz CT molecular complexity index is 2120. The molecule has 4 aliphatic heterocycles. The molecule has 0 radical (unpaired) electrons. The maximum absolute atomic E-state index is 14.7. The molecule has 1 amide bonds. The maximum atomic E-state index is 14.7. The van der Waals surface area contributed by atoms with Crippen molar-refractivity contribution in [1.82, 2.24) is 9.80 Å². The number of amides is 1. The van der Waals surface area contributed by atoms with Crippen LogP contribution < -0.4 is 0 Å². The number of hydrogen-bond donors (Lipinski definition) is 2. The molecule has 4 heterocycles. The molecule has 15 atom stereocenters. The van der Waals surface area contributed by atoms with Crippen molar-refractivity contribution in [3.05, 3.63) is 47.6 Å². The van der Waals surface area contributed by atoms with E-state index in [1.165, 1.54) is 12.0 Å². The van der Waals surface area contributed by atoms with Gasteiger partial charge in [-0.1, -0.05) is 71.1 Å². The number of hydrogen-bond acceptors (Lipinski definition) is 16. The predicted octanol–water partition coefficient (Wildman–Crippen LogP) is 7.72. The Morgan fingerprint density at radius 1 is 0.848 bits per heavy atom. The van der Waals surface area contributed by atoms with E-state index in [1.807, 2.05) is 65.0 Å². The van der Waals surface area contributed by atoms with Crippen molar-refractivity contribution in [3.63, 3.8) is 0 Å². The number of nitrogens with zero attached hydrogens (tertiary/aromatic N) is 2. The largest absolute Gasteiger partial charge is 0.460 e. The quantitative estimate of drug-likeness (QED) is 0.0739. The number of aliphatic hydroxyl groups is 2. The first-order valence-electron chi connectivity index (χ1n) is 29.6. The molecule has 0 aromatic rings. The fraction of sp³-hybridized carbons (Fsp3) is 0.790. The molecule has 0 aromatic carbocycles. The lowest BCUT2D eigenvalue weighted by atomic mass is 9.78. The highest BCUT2D eigenvalue weighted by atomic mass is 16.6. The first kappa shape index (κ1) is 66.3. The second-order valence-electron chi connectivity index (χ2n) is 24.1. The van der Waals surface area contributed by atoms with Gasteiger partial charge >= 0.3 is 5.97 Å². The van der Waals surface area contributed by atoms with Crippen LogP contribution in [0.5, 0.6) is 0 Å². The first-order chi connectivity index (χ1) is 37.5. The molecule has 5 rings (SSSR count). The van der Waals surface area contributed by atoms with Gasteiger partial charge in [-0.3, -0.25) is 24.1 Å². The summed E-state index contributed by atoms with van der Waals surface area (Å²) >= 11 is 0. The van der Waals surface area contributed by atoms with Crippen LogP contribution >= 0.6 is 0 Å². The minimum atomic E-state index is -2.48. The number of fused-ring (bicyclic) bond motifs is 3. The predicted molar refractivity (Wildman–Crippen MR) is 301 cm³/mol. The summed E-state index contributed by atoms with van der Waals surface area (Å²) < 4.78 is 48.3. The first-order valence-corrected chi connectivity index (χ1v) is 29.6. The molecule has 79 heavy (non-hydrogen) atoms.